The first-order valence-corrected chi connectivity index (χ1v) is 0. The summed E-state index contributed by atoms with van der Waals surface area (Å²) in [5, 5.41) is 0. The van der Waals surface area contributed by atoms with Crippen molar-refractivity contribution in [2.45, 2.75) is 0 Å². The van der Waals surface area contributed by atoms with Gasteiger partial charge in [0.05, 0.1) is 0 Å². The van der Waals surface area contributed by atoms with E-state index in [1.165, 1.54) is 0 Å². The summed E-state index contributed by atoms with van der Waals surface area (Å²) in [7, 11) is 0. The van der Waals surface area contributed by atoms with Crippen LogP contribution in [0.5, 0.6) is 0 Å². The zero-order valence-electron chi connectivity index (χ0n) is 2.36. The molecule has 2 N–H and O–H groups in total. The van der Waals surface area contributed by atoms with Crippen LogP contribution in [0.15, 0.2) is 0 Å². The van der Waals surface area contributed by atoms with Crippen molar-refractivity contribution in [1.82, 2.24) is 0 Å². The molecule has 1 radical (unpaired) electrons. The maximum atomic E-state index is 0. The van der Waals surface area contributed by atoms with Crippen LogP contribution in [0.25, 0.3) is 0 Å². The predicted molar refractivity (Wildman–Crippen MR) is 13.6 cm³/mol. The van der Waals surface area contributed by atoms with Gasteiger partial charge in [0.25, 0.3) is 0 Å². The van der Waals surface area contributed by atoms with Crippen LogP contribution in [0, 0.1) is 0 Å². The fourth-order valence-corrected chi connectivity index (χ4v) is 0. The van der Waals surface area contributed by atoms with E-state index in [-0.39, 0.29) is 97.3 Å². The molecule has 0 aliphatic heterocycles. The molecule has 0 unspecified atom stereocenters. The Morgan fingerprint density at radius 1 is 1.00 bits per heavy atom. The third kappa shape index (κ3) is 29.0. The van der Waals surface area contributed by atoms with Gasteiger partial charge in [-0.05, 0) is 0 Å². The molecule has 0 atom stereocenters. The van der Waals surface area contributed by atoms with Crippen molar-refractivity contribution in [2.75, 3.05) is 0 Å². The van der Waals surface area contributed by atoms with Crippen molar-refractivity contribution in [3.05, 3.63) is 0 Å². The number of hydrogen-bond acceptors (Lipinski definition) is 0. The average molecular weight is 279 g/mol. The van der Waals surface area contributed by atoms with Crippen molar-refractivity contribution in [1.29, 1.82) is 0 Å². The minimum atomic E-state index is 0. The SMILES string of the molecule is O.[AlH3].[Co].[Ni].[Ti].[Zn]. The van der Waals surface area contributed by atoms with Crippen LogP contribution >= 0.6 is 0 Å². The summed E-state index contributed by atoms with van der Waals surface area (Å²) in [6.07, 6.45) is 0. The van der Waals surface area contributed by atoms with Crippen LogP contribution in [-0.2, 0) is 74.5 Å². The van der Waals surface area contributed by atoms with Gasteiger partial charge in [0.2, 0.25) is 0 Å². The van der Waals surface area contributed by atoms with Crippen molar-refractivity contribution in [2.24, 2.45) is 0 Å². The van der Waals surface area contributed by atoms with Crippen LogP contribution < -0.4 is 0 Å². The maximum Gasteiger partial charge on any atom is 0.187 e. The van der Waals surface area contributed by atoms with Gasteiger partial charge in [-0.2, -0.15) is 0 Å². The van der Waals surface area contributed by atoms with Crippen LogP contribution in [0.3, 0.4) is 0 Å². The summed E-state index contributed by atoms with van der Waals surface area (Å²) in [6, 6.07) is 0. The van der Waals surface area contributed by atoms with E-state index < -0.39 is 0 Å². The van der Waals surface area contributed by atoms with Crippen LogP contribution in [0.1, 0.15) is 0 Å². The second-order valence-corrected chi connectivity index (χ2v) is 0. The molecule has 0 aliphatic rings. The molecule has 6 heavy (non-hydrogen) atoms. The van der Waals surface area contributed by atoms with Gasteiger partial charge in [0.1, 0.15) is 0 Å². The molecule has 0 rings (SSSR count). The molecule has 39 valence electrons. The molecule has 0 aromatic carbocycles. The Kier molecular flexibility index (Phi) is 514. The molecule has 0 aliphatic carbocycles. The van der Waals surface area contributed by atoms with Gasteiger partial charge in [0.15, 0.2) is 17.4 Å². The van der Waals surface area contributed by atoms with E-state index in [1.807, 2.05) is 0 Å². The standard InChI is InChI=1S/Al.Co.Ni.H2O.Ti.Zn.3H/h;;;1H2;;;;;. The van der Waals surface area contributed by atoms with E-state index in [0.29, 0.717) is 0 Å². The number of hydrogen-bond donors (Lipinski definition) is 0. The Balaban J connectivity index is 0. The Hall–Kier alpha value is 2.83. The fourth-order valence-electron chi connectivity index (χ4n) is 0. The maximum absolute atomic E-state index is 0. The minimum absolute atomic E-state index is 0. The smallest absolute Gasteiger partial charge is 0.187 e. The summed E-state index contributed by atoms with van der Waals surface area (Å²) in [6.45, 7) is 0. The molecular weight excluding hydrogens is 274 g/mol. The Morgan fingerprint density at radius 3 is 1.00 bits per heavy atom. The molecule has 1 nitrogen and oxygen atoms in total. The average Bonchev–Trinajstić information content (AvgIpc) is 0. The largest absolute Gasteiger partial charge is 0.412 e. The van der Waals surface area contributed by atoms with E-state index in [0.717, 1.165) is 0 Å². The van der Waals surface area contributed by atoms with Gasteiger partial charge in [0, 0.05) is 74.5 Å². The molecule has 0 heterocycles. The van der Waals surface area contributed by atoms with E-state index in [9.17, 15) is 0 Å². The number of rotatable bonds is 0. The molecule has 0 spiro atoms. The van der Waals surface area contributed by atoms with Gasteiger partial charge in [-0.25, -0.2) is 0 Å². The molecule has 0 saturated heterocycles. The summed E-state index contributed by atoms with van der Waals surface area (Å²) >= 11 is 0. The fraction of sp³-hybridized carbons (Fsp3) is 0. The van der Waals surface area contributed by atoms with Crippen LogP contribution in [0.4, 0.5) is 0 Å². The Labute approximate surface area is 96.0 Å². The summed E-state index contributed by atoms with van der Waals surface area (Å²) in [4.78, 5) is 0. The Morgan fingerprint density at radius 2 is 1.00 bits per heavy atom. The van der Waals surface area contributed by atoms with Gasteiger partial charge >= 0.3 is 0 Å². The van der Waals surface area contributed by atoms with E-state index in [2.05, 4.69) is 0 Å². The molecule has 0 bridgehead atoms. The molecule has 0 amide bonds. The molecule has 0 aromatic heterocycles. The van der Waals surface area contributed by atoms with Crippen LogP contribution in [0.2, 0.25) is 0 Å². The normalized spacial score (nSPS) is 0. The summed E-state index contributed by atoms with van der Waals surface area (Å²) in [5.41, 5.74) is 0. The van der Waals surface area contributed by atoms with E-state index in [4.69, 9.17) is 0 Å². The summed E-state index contributed by atoms with van der Waals surface area (Å²) in [5.74, 6) is 0. The van der Waals surface area contributed by atoms with Crippen molar-refractivity contribution in [3.8, 4) is 0 Å². The topological polar surface area (TPSA) is 31.5 Å². The Bertz CT molecular complexity index is 15.5. The van der Waals surface area contributed by atoms with Gasteiger partial charge < -0.3 is 5.48 Å². The first kappa shape index (κ1) is 67.6. The minimum Gasteiger partial charge on any atom is -0.412 e. The second-order valence-electron chi connectivity index (χ2n) is 0. The predicted octanol–water partition coefficient (Wildman–Crippen LogP) is -2.02. The van der Waals surface area contributed by atoms with Crippen molar-refractivity contribution in [3.63, 3.8) is 0 Å². The first-order chi connectivity index (χ1) is 0. The molecular formula is H5AlCoNiOTiZn. The second kappa shape index (κ2) is 45.6. The third-order valence-electron chi connectivity index (χ3n) is 0. The zero-order chi connectivity index (χ0) is 0. The van der Waals surface area contributed by atoms with Crippen LogP contribution in [-0.4, -0.2) is 22.8 Å². The van der Waals surface area contributed by atoms with Crippen molar-refractivity contribution < 1.29 is 79.9 Å². The monoisotopic (exact) mass is 277 g/mol. The molecule has 0 fully saturated rings. The molecule has 0 aromatic rings. The van der Waals surface area contributed by atoms with E-state index in [1.54, 1.807) is 0 Å². The third-order valence-corrected chi connectivity index (χ3v) is 0. The quantitative estimate of drug-likeness (QED) is 0.459. The van der Waals surface area contributed by atoms with Gasteiger partial charge in [-0.3, -0.25) is 0 Å². The summed E-state index contributed by atoms with van der Waals surface area (Å²) < 4.78 is 0. The zero-order valence-corrected chi connectivity index (χ0v) is 8.91. The van der Waals surface area contributed by atoms with Gasteiger partial charge in [-0.1, -0.05) is 0 Å². The van der Waals surface area contributed by atoms with Crippen molar-refractivity contribution >= 4 is 17.4 Å². The molecule has 0 saturated carbocycles. The first-order valence-electron chi connectivity index (χ1n) is 0. The van der Waals surface area contributed by atoms with E-state index >= 15 is 0 Å². The van der Waals surface area contributed by atoms with Gasteiger partial charge in [-0.15, -0.1) is 0 Å². The molecule has 6 heteroatoms.